The van der Waals surface area contributed by atoms with Gasteiger partial charge in [0, 0.05) is 5.69 Å². The SMILES string of the molecule is CCCc1ccc(NC(=O)NC(C)(CCC)C(=O)O)cc1. The van der Waals surface area contributed by atoms with E-state index in [4.69, 9.17) is 0 Å². The Kier molecular flexibility index (Phi) is 6.21. The lowest BCUT2D eigenvalue weighted by molar-refractivity contribution is -0.143. The molecule has 21 heavy (non-hydrogen) atoms. The van der Waals surface area contributed by atoms with Gasteiger partial charge in [0.2, 0.25) is 0 Å². The van der Waals surface area contributed by atoms with Crippen LogP contribution in [0.15, 0.2) is 24.3 Å². The predicted molar refractivity (Wildman–Crippen MR) is 83.5 cm³/mol. The van der Waals surface area contributed by atoms with Crippen LogP contribution in [0, 0.1) is 0 Å². The molecule has 0 aliphatic heterocycles. The third-order valence-electron chi connectivity index (χ3n) is 3.36. The number of carboxylic acids is 1. The second-order valence-electron chi connectivity index (χ2n) is 5.41. The average molecular weight is 292 g/mol. The number of benzene rings is 1. The molecule has 5 heteroatoms. The molecular formula is C16H24N2O3. The van der Waals surface area contributed by atoms with Gasteiger partial charge in [0.1, 0.15) is 5.54 Å². The number of hydrogen-bond acceptors (Lipinski definition) is 2. The van der Waals surface area contributed by atoms with Crippen LogP contribution in [0.25, 0.3) is 0 Å². The van der Waals surface area contributed by atoms with Crippen LogP contribution in [-0.2, 0) is 11.2 Å². The largest absolute Gasteiger partial charge is 0.480 e. The first-order valence-corrected chi connectivity index (χ1v) is 7.32. The summed E-state index contributed by atoms with van der Waals surface area (Å²) in [6, 6.07) is 7.06. The Morgan fingerprint density at radius 3 is 2.24 bits per heavy atom. The van der Waals surface area contributed by atoms with E-state index < -0.39 is 17.5 Å². The van der Waals surface area contributed by atoms with Crippen molar-refractivity contribution in [2.75, 3.05) is 5.32 Å². The number of aryl methyl sites for hydroxylation is 1. The average Bonchev–Trinajstić information content (AvgIpc) is 2.41. The highest BCUT2D eigenvalue weighted by Gasteiger charge is 2.33. The predicted octanol–water partition coefficient (Wildman–Crippen LogP) is 3.40. The molecule has 0 heterocycles. The number of hydrogen-bond donors (Lipinski definition) is 3. The Hall–Kier alpha value is -2.04. The molecule has 0 spiro atoms. The van der Waals surface area contributed by atoms with Crippen molar-refractivity contribution in [1.82, 2.24) is 5.32 Å². The highest BCUT2D eigenvalue weighted by atomic mass is 16.4. The number of carbonyl (C=O) groups is 2. The van der Waals surface area contributed by atoms with Crippen molar-refractivity contribution in [3.63, 3.8) is 0 Å². The van der Waals surface area contributed by atoms with Crippen molar-refractivity contribution in [3.8, 4) is 0 Å². The van der Waals surface area contributed by atoms with Gasteiger partial charge in [0.05, 0.1) is 0 Å². The topological polar surface area (TPSA) is 78.4 Å². The van der Waals surface area contributed by atoms with E-state index >= 15 is 0 Å². The quantitative estimate of drug-likeness (QED) is 0.720. The normalized spacial score (nSPS) is 13.3. The molecule has 0 fully saturated rings. The van der Waals surface area contributed by atoms with Gasteiger partial charge in [0.15, 0.2) is 0 Å². The minimum Gasteiger partial charge on any atom is -0.480 e. The fraction of sp³-hybridized carbons (Fsp3) is 0.500. The molecule has 3 N–H and O–H groups in total. The summed E-state index contributed by atoms with van der Waals surface area (Å²) in [4.78, 5) is 23.2. The summed E-state index contributed by atoms with van der Waals surface area (Å²) >= 11 is 0. The summed E-state index contributed by atoms with van der Waals surface area (Å²) in [5.41, 5.74) is 0.613. The van der Waals surface area contributed by atoms with Crippen LogP contribution in [0.3, 0.4) is 0 Å². The number of nitrogens with one attached hydrogen (secondary N) is 2. The summed E-state index contributed by atoms with van der Waals surface area (Å²) in [6.07, 6.45) is 3.13. The maximum atomic E-state index is 11.9. The monoisotopic (exact) mass is 292 g/mol. The van der Waals surface area contributed by atoms with Crippen molar-refractivity contribution < 1.29 is 14.7 Å². The van der Waals surface area contributed by atoms with E-state index in [-0.39, 0.29) is 0 Å². The molecule has 0 saturated carbocycles. The van der Waals surface area contributed by atoms with Gasteiger partial charge in [-0.1, -0.05) is 38.8 Å². The van der Waals surface area contributed by atoms with Crippen molar-refractivity contribution in [1.29, 1.82) is 0 Å². The standard InChI is InChI=1S/C16H24N2O3/c1-4-6-12-7-9-13(10-8-12)17-15(21)18-16(3,11-5-2)14(19)20/h7-10H,4-6,11H2,1-3H3,(H,19,20)(H2,17,18,21). The zero-order valence-electron chi connectivity index (χ0n) is 12.9. The van der Waals surface area contributed by atoms with Gasteiger partial charge in [0.25, 0.3) is 0 Å². The van der Waals surface area contributed by atoms with Crippen molar-refractivity contribution in [2.24, 2.45) is 0 Å². The molecule has 2 amide bonds. The van der Waals surface area contributed by atoms with Gasteiger partial charge >= 0.3 is 12.0 Å². The lowest BCUT2D eigenvalue weighted by Crippen LogP contribution is -2.53. The second-order valence-corrected chi connectivity index (χ2v) is 5.41. The maximum Gasteiger partial charge on any atom is 0.329 e. The number of aliphatic carboxylic acids is 1. The van der Waals surface area contributed by atoms with Gasteiger partial charge in [-0.15, -0.1) is 0 Å². The number of carboxylic acid groups (broad SMARTS) is 1. The first-order valence-electron chi connectivity index (χ1n) is 7.32. The van der Waals surface area contributed by atoms with E-state index in [0.29, 0.717) is 18.5 Å². The number of amides is 2. The zero-order valence-corrected chi connectivity index (χ0v) is 12.9. The van der Waals surface area contributed by atoms with E-state index in [0.717, 1.165) is 12.8 Å². The molecule has 0 bridgehead atoms. The number of anilines is 1. The molecule has 1 aromatic carbocycles. The first kappa shape index (κ1) is 17.0. The molecule has 116 valence electrons. The molecule has 0 aliphatic rings. The highest BCUT2D eigenvalue weighted by Crippen LogP contribution is 2.14. The third kappa shape index (κ3) is 5.10. The molecule has 0 aliphatic carbocycles. The molecule has 0 aromatic heterocycles. The van der Waals surface area contributed by atoms with Crippen LogP contribution in [-0.4, -0.2) is 22.6 Å². The molecular weight excluding hydrogens is 268 g/mol. The van der Waals surface area contributed by atoms with Crippen molar-refractivity contribution >= 4 is 17.7 Å². The van der Waals surface area contributed by atoms with Gasteiger partial charge in [-0.05, 0) is 37.5 Å². The van der Waals surface area contributed by atoms with Crippen LogP contribution in [0.5, 0.6) is 0 Å². The Balaban J connectivity index is 2.65. The van der Waals surface area contributed by atoms with Crippen molar-refractivity contribution in [3.05, 3.63) is 29.8 Å². The van der Waals surface area contributed by atoms with E-state index in [1.54, 1.807) is 0 Å². The van der Waals surface area contributed by atoms with Crippen LogP contribution in [0.1, 0.15) is 45.6 Å². The fourth-order valence-electron chi connectivity index (χ4n) is 2.18. The third-order valence-corrected chi connectivity index (χ3v) is 3.36. The van der Waals surface area contributed by atoms with Gasteiger partial charge in [-0.3, -0.25) is 0 Å². The van der Waals surface area contributed by atoms with Gasteiger partial charge in [-0.2, -0.15) is 0 Å². The summed E-state index contributed by atoms with van der Waals surface area (Å²) in [6.45, 7) is 5.51. The number of carbonyl (C=O) groups excluding carboxylic acids is 1. The maximum absolute atomic E-state index is 11.9. The number of urea groups is 1. The lowest BCUT2D eigenvalue weighted by atomic mass is 9.97. The minimum absolute atomic E-state index is 0.380. The lowest BCUT2D eigenvalue weighted by Gasteiger charge is -2.25. The Labute approximate surface area is 125 Å². The number of rotatable bonds is 7. The van der Waals surface area contributed by atoms with Crippen LogP contribution in [0.2, 0.25) is 0 Å². The van der Waals surface area contributed by atoms with Crippen LogP contribution < -0.4 is 10.6 Å². The molecule has 1 aromatic rings. The fourth-order valence-corrected chi connectivity index (χ4v) is 2.18. The zero-order chi connectivity index (χ0) is 15.9. The van der Waals surface area contributed by atoms with E-state index in [2.05, 4.69) is 17.6 Å². The van der Waals surface area contributed by atoms with E-state index in [1.165, 1.54) is 12.5 Å². The van der Waals surface area contributed by atoms with E-state index in [9.17, 15) is 14.7 Å². The molecule has 0 saturated heterocycles. The molecule has 5 nitrogen and oxygen atoms in total. The highest BCUT2D eigenvalue weighted by molar-refractivity contribution is 5.93. The summed E-state index contributed by atoms with van der Waals surface area (Å²) in [5.74, 6) is -1.03. The first-order chi connectivity index (χ1) is 9.91. The summed E-state index contributed by atoms with van der Waals surface area (Å²) in [5, 5.41) is 14.4. The smallest absolute Gasteiger partial charge is 0.329 e. The Morgan fingerprint density at radius 1 is 1.14 bits per heavy atom. The Bertz CT molecular complexity index is 485. The Morgan fingerprint density at radius 2 is 1.76 bits per heavy atom. The van der Waals surface area contributed by atoms with Crippen LogP contribution in [0.4, 0.5) is 10.5 Å². The molecule has 1 rings (SSSR count). The minimum atomic E-state index is -1.25. The van der Waals surface area contributed by atoms with Gasteiger partial charge in [-0.25, -0.2) is 9.59 Å². The molecule has 1 atom stereocenters. The summed E-state index contributed by atoms with van der Waals surface area (Å²) < 4.78 is 0. The van der Waals surface area contributed by atoms with Crippen LogP contribution >= 0.6 is 0 Å². The molecule has 0 radical (unpaired) electrons. The van der Waals surface area contributed by atoms with Gasteiger partial charge < -0.3 is 15.7 Å². The van der Waals surface area contributed by atoms with E-state index in [1.807, 2.05) is 31.2 Å². The summed E-state index contributed by atoms with van der Waals surface area (Å²) in [7, 11) is 0. The second kappa shape index (κ2) is 7.67. The molecule has 1 unspecified atom stereocenters. The van der Waals surface area contributed by atoms with Crippen molar-refractivity contribution in [2.45, 2.75) is 52.0 Å².